The first-order valence-electron chi connectivity index (χ1n) is 10.1. The van der Waals surface area contributed by atoms with Gasteiger partial charge in [-0.25, -0.2) is 0 Å². The van der Waals surface area contributed by atoms with Gasteiger partial charge in [0.1, 0.15) is 12.2 Å². The van der Waals surface area contributed by atoms with Crippen molar-refractivity contribution in [3.8, 4) is 0 Å². The second kappa shape index (κ2) is 8.22. The van der Waals surface area contributed by atoms with Crippen molar-refractivity contribution < 1.29 is 9.90 Å². The van der Waals surface area contributed by atoms with Crippen LogP contribution in [0.2, 0.25) is 0 Å². The van der Waals surface area contributed by atoms with Crippen LogP contribution in [0.25, 0.3) is 0 Å². The second-order valence-electron chi connectivity index (χ2n) is 7.67. The van der Waals surface area contributed by atoms with Gasteiger partial charge in [-0.05, 0) is 54.0 Å². The number of H-pyrrole nitrogens is 1. The highest BCUT2D eigenvalue weighted by atomic mass is 32.2. The largest absolute Gasteiger partial charge is 0.390 e. The maximum Gasteiger partial charge on any atom is 0.285 e. The number of nitrogens with one attached hydrogen (secondary N) is 3. The standard InChI is InChI=1S/C21H23N7O2S/c1-13(30)22-15-4-6-17(7-5-15)31-27-10-20-23-16(12-29)9-28(20)21(11-27)24-19-8-18(25-26-19)14-2-3-14/h4-9,11,14,29H,2-3,10,12H2,1H3,(H,22,30)(H2,24,25,26)/q+1. The summed E-state index contributed by atoms with van der Waals surface area (Å²) in [6.45, 7) is 1.96. The summed E-state index contributed by atoms with van der Waals surface area (Å²) in [7, 11) is 0. The lowest BCUT2D eigenvalue weighted by atomic mass is 10.3. The summed E-state index contributed by atoms with van der Waals surface area (Å²) in [4.78, 5) is 18.7. The zero-order valence-electron chi connectivity index (χ0n) is 17.0. The third-order valence-corrected chi connectivity index (χ3v) is 6.03. The van der Waals surface area contributed by atoms with Crippen LogP contribution in [0.5, 0.6) is 0 Å². The lowest BCUT2D eigenvalue weighted by Gasteiger charge is -2.24. The van der Waals surface area contributed by atoms with E-state index in [1.54, 1.807) is 11.9 Å². The summed E-state index contributed by atoms with van der Waals surface area (Å²) < 4.78 is 2.08. The molecule has 4 N–H and O–H groups in total. The van der Waals surface area contributed by atoms with Gasteiger partial charge < -0.3 is 10.4 Å². The summed E-state index contributed by atoms with van der Waals surface area (Å²) in [6.07, 6.45) is 6.27. The number of carbonyl (C=O) groups is 1. The smallest absolute Gasteiger partial charge is 0.285 e. The van der Waals surface area contributed by atoms with E-state index in [2.05, 4.69) is 36.2 Å². The van der Waals surface area contributed by atoms with Gasteiger partial charge in [0.25, 0.3) is 11.7 Å². The van der Waals surface area contributed by atoms with E-state index in [0.29, 0.717) is 18.2 Å². The van der Waals surface area contributed by atoms with E-state index in [-0.39, 0.29) is 12.5 Å². The van der Waals surface area contributed by atoms with Crippen molar-refractivity contribution in [3.63, 3.8) is 0 Å². The lowest BCUT2D eigenvalue weighted by molar-refractivity contribution is -0.114. The Hall–Kier alpha value is -3.08. The Morgan fingerprint density at radius 1 is 1.35 bits per heavy atom. The molecule has 1 amide bonds. The predicted octanol–water partition coefficient (Wildman–Crippen LogP) is 2.87. The van der Waals surface area contributed by atoms with E-state index in [1.807, 2.05) is 41.6 Å². The van der Waals surface area contributed by atoms with Crippen molar-refractivity contribution in [2.24, 2.45) is 4.99 Å². The van der Waals surface area contributed by atoms with Gasteiger partial charge in [0.2, 0.25) is 5.91 Å². The maximum absolute atomic E-state index is 11.2. The van der Waals surface area contributed by atoms with Gasteiger partial charge in [-0.2, -0.15) is 10.1 Å². The number of hydrogen-bond acceptors (Lipinski definition) is 8. The Balaban J connectivity index is 1.35. The SMILES string of the molecule is CC(=O)Nc1ccc(SN2C=C(Nc3cc(C4CC4)[nH]n3)[N+]3C=C(CO)N=C3C2)cc1. The molecule has 10 heteroatoms. The molecule has 3 aliphatic rings. The molecule has 1 aromatic carbocycles. The van der Waals surface area contributed by atoms with E-state index in [4.69, 9.17) is 0 Å². The van der Waals surface area contributed by atoms with Crippen LogP contribution in [-0.4, -0.2) is 44.5 Å². The second-order valence-corrected chi connectivity index (χ2v) is 8.79. The summed E-state index contributed by atoms with van der Waals surface area (Å²) >= 11 is 1.57. The summed E-state index contributed by atoms with van der Waals surface area (Å²) in [6, 6.07) is 9.74. The Kier molecular flexibility index (Phi) is 5.26. The van der Waals surface area contributed by atoms with Crippen molar-refractivity contribution in [2.45, 2.75) is 30.6 Å². The third kappa shape index (κ3) is 4.50. The number of aromatic amines is 1. The number of hydrogen-bond donors (Lipinski definition) is 4. The van der Waals surface area contributed by atoms with E-state index < -0.39 is 0 Å². The fraction of sp³-hybridized carbons (Fsp3) is 0.286. The van der Waals surface area contributed by atoms with Crippen LogP contribution in [0.15, 0.2) is 64.1 Å². The number of aliphatic hydroxyl groups excluding tert-OH is 1. The molecule has 0 atom stereocenters. The Morgan fingerprint density at radius 3 is 2.87 bits per heavy atom. The zero-order chi connectivity index (χ0) is 21.4. The highest BCUT2D eigenvalue weighted by Gasteiger charge is 2.40. The first-order chi connectivity index (χ1) is 15.1. The first-order valence-corrected chi connectivity index (χ1v) is 10.9. The monoisotopic (exact) mass is 437 g/mol. The van der Waals surface area contributed by atoms with Crippen molar-refractivity contribution in [1.82, 2.24) is 19.4 Å². The minimum atomic E-state index is -0.112. The van der Waals surface area contributed by atoms with Gasteiger partial charge in [0, 0.05) is 35.2 Å². The number of anilines is 2. The van der Waals surface area contributed by atoms with Crippen molar-refractivity contribution in [3.05, 3.63) is 59.9 Å². The molecule has 0 bridgehead atoms. The van der Waals surface area contributed by atoms with Crippen LogP contribution < -0.4 is 15.5 Å². The number of rotatable bonds is 7. The van der Waals surface area contributed by atoms with Gasteiger partial charge in [-0.3, -0.25) is 19.5 Å². The van der Waals surface area contributed by atoms with Gasteiger partial charge in [-0.1, -0.05) is 0 Å². The van der Waals surface area contributed by atoms with Crippen LogP contribution >= 0.6 is 11.9 Å². The number of amidine groups is 1. The molecule has 1 aromatic heterocycles. The minimum absolute atomic E-state index is 0.0928. The number of aromatic nitrogens is 2. The first kappa shape index (κ1) is 19.9. The number of nitrogens with zero attached hydrogens (tertiary/aromatic N) is 4. The lowest BCUT2D eigenvalue weighted by Crippen LogP contribution is -2.42. The summed E-state index contributed by atoms with van der Waals surface area (Å²) in [5.41, 5.74) is 2.54. The summed E-state index contributed by atoms with van der Waals surface area (Å²) in [5, 5.41) is 23.2. The normalized spacial score (nSPS) is 18.3. The van der Waals surface area contributed by atoms with Crippen LogP contribution in [0.3, 0.4) is 0 Å². The van der Waals surface area contributed by atoms with E-state index >= 15 is 0 Å². The highest BCUT2D eigenvalue weighted by Crippen LogP contribution is 2.39. The van der Waals surface area contributed by atoms with Crippen LogP contribution in [-0.2, 0) is 4.79 Å². The molecule has 0 saturated heterocycles. The van der Waals surface area contributed by atoms with E-state index in [1.165, 1.54) is 19.8 Å². The minimum Gasteiger partial charge on any atom is -0.390 e. The molecule has 3 heterocycles. The average Bonchev–Trinajstić information content (AvgIpc) is 3.34. The Morgan fingerprint density at radius 2 is 2.16 bits per heavy atom. The van der Waals surface area contributed by atoms with Gasteiger partial charge >= 0.3 is 0 Å². The van der Waals surface area contributed by atoms with E-state index in [0.717, 1.165) is 33.8 Å². The fourth-order valence-electron chi connectivity index (χ4n) is 3.48. The quantitative estimate of drug-likeness (QED) is 0.392. The van der Waals surface area contributed by atoms with Gasteiger partial charge in [0.15, 0.2) is 12.0 Å². The molecule has 31 heavy (non-hydrogen) atoms. The molecule has 159 valence electrons. The van der Waals surface area contributed by atoms with Gasteiger partial charge in [0.05, 0.1) is 12.8 Å². The molecule has 0 spiro atoms. The molecule has 1 saturated carbocycles. The molecule has 1 radical (unpaired) electrons. The van der Waals surface area contributed by atoms with Crippen molar-refractivity contribution in [1.29, 1.82) is 0 Å². The number of benzene rings is 1. The highest BCUT2D eigenvalue weighted by molar-refractivity contribution is 7.97. The van der Waals surface area contributed by atoms with E-state index in [9.17, 15) is 9.90 Å². The van der Waals surface area contributed by atoms with Crippen LogP contribution in [0.4, 0.5) is 11.5 Å². The molecular formula is C21H23N7O2S+. The average molecular weight is 438 g/mol. The molecule has 5 rings (SSSR count). The van der Waals surface area contributed by atoms with Crippen molar-refractivity contribution in [2.75, 3.05) is 23.8 Å². The molecule has 1 fully saturated rings. The molecule has 1 aliphatic carbocycles. The topological polar surface area (TPSA) is 112 Å². The van der Waals surface area contributed by atoms with Crippen molar-refractivity contribution >= 4 is 35.2 Å². The molecule has 9 nitrogen and oxygen atoms in total. The number of aliphatic imine (C=N–C) groups is 1. The number of carbonyl (C=O) groups excluding carboxylic acids is 1. The number of aliphatic hydroxyl groups is 1. The van der Waals surface area contributed by atoms with Crippen LogP contribution in [0.1, 0.15) is 31.4 Å². The van der Waals surface area contributed by atoms with Gasteiger partial charge in [-0.15, -0.1) is 0 Å². The van der Waals surface area contributed by atoms with Crippen LogP contribution in [0, 0.1) is 0 Å². The maximum atomic E-state index is 11.2. The number of amides is 1. The molecular weight excluding hydrogens is 414 g/mol. The third-order valence-electron chi connectivity index (χ3n) is 5.08. The predicted molar refractivity (Wildman–Crippen MR) is 120 cm³/mol. The molecule has 2 aliphatic heterocycles. The Bertz CT molecular complexity index is 1090. The number of fused-ring (bicyclic) bond motifs is 1. The summed E-state index contributed by atoms with van der Waals surface area (Å²) in [5.74, 6) is 2.90. The Labute approximate surface area is 184 Å². The molecule has 2 aromatic rings. The fourth-order valence-corrected chi connectivity index (χ4v) is 4.34. The zero-order valence-corrected chi connectivity index (χ0v) is 17.8. The molecule has 0 unspecified atom stereocenters.